The third-order valence-electron chi connectivity index (χ3n) is 5.18. The van der Waals surface area contributed by atoms with E-state index in [1.54, 1.807) is 10.8 Å². The summed E-state index contributed by atoms with van der Waals surface area (Å²) in [5.74, 6) is 0. The van der Waals surface area contributed by atoms with E-state index >= 15 is 0 Å². The number of aromatic nitrogens is 1. The van der Waals surface area contributed by atoms with Crippen LogP contribution in [0.25, 0.3) is 22.0 Å². The first kappa shape index (κ1) is 27.9. The van der Waals surface area contributed by atoms with Crippen LogP contribution in [0.1, 0.15) is 12.5 Å². The Labute approximate surface area is 208 Å². The van der Waals surface area contributed by atoms with E-state index in [2.05, 4.69) is 4.99 Å². The molecule has 0 atom stereocenters. The number of hydrogen-bond acceptors (Lipinski definition) is 3. The second kappa shape index (κ2) is 10.8. The van der Waals surface area contributed by atoms with Crippen molar-refractivity contribution in [3.05, 3.63) is 96.0 Å². The van der Waals surface area contributed by atoms with Gasteiger partial charge in [-0.15, -0.1) is 0 Å². The number of hydrogen-bond donors (Lipinski definition) is 1. The van der Waals surface area contributed by atoms with Gasteiger partial charge in [0.25, 0.3) is 0 Å². The van der Waals surface area contributed by atoms with Gasteiger partial charge >= 0.3 is 21.8 Å². The van der Waals surface area contributed by atoms with E-state index in [-0.39, 0.29) is 0 Å². The largest absolute Gasteiger partial charge is 0.522 e. The Morgan fingerprint density at radius 3 is 1.92 bits per heavy atom. The number of rotatable bonds is 3. The van der Waals surface area contributed by atoms with E-state index < -0.39 is 27.4 Å². The van der Waals surface area contributed by atoms with Crippen LogP contribution in [0.4, 0.5) is 32.0 Å². The maximum Gasteiger partial charge on any atom is 0.522 e. The molecule has 0 spiro atoms. The molecule has 0 fully saturated rings. The zero-order chi connectivity index (χ0) is 27.4. The molecular formula is C25H20F6N2O3S. The smallest absolute Gasteiger partial charge is 0.348 e. The van der Waals surface area contributed by atoms with E-state index in [0.29, 0.717) is 22.8 Å². The molecule has 0 aliphatic heterocycles. The summed E-state index contributed by atoms with van der Waals surface area (Å²) >= 11 is 0. The highest BCUT2D eigenvalue weighted by molar-refractivity contribution is 7.86. The molecule has 3 aromatic carbocycles. The van der Waals surface area contributed by atoms with Gasteiger partial charge in [0.15, 0.2) is 0 Å². The third kappa shape index (κ3) is 6.98. The Balaban J connectivity index is 0.000000414. The Morgan fingerprint density at radius 1 is 0.838 bits per heavy atom. The highest BCUT2D eigenvalue weighted by atomic mass is 32.2. The molecule has 4 rings (SSSR count). The standard InChI is InChI=1S/C24H19F3N2.CHF3O3S/c1-2-29-15-14-22(21-13-10-19(16-23(21)29)24(25,26)27)28-20-11-8-18(9-12-20)17-6-4-3-5-7-17;2-1(3,4)8(5,6)7/h3-16H,2H2,1H3;(H,5,6,7). The summed E-state index contributed by atoms with van der Waals surface area (Å²) in [7, 11) is -5.84. The Bertz CT molecular complexity index is 1540. The number of halogens is 6. The number of pyridine rings is 1. The quantitative estimate of drug-likeness (QED) is 0.173. The zero-order valence-corrected chi connectivity index (χ0v) is 19.9. The van der Waals surface area contributed by atoms with E-state index in [0.717, 1.165) is 22.9 Å². The van der Waals surface area contributed by atoms with Gasteiger partial charge in [-0.3, -0.25) is 4.55 Å². The monoisotopic (exact) mass is 542 g/mol. The van der Waals surface area contributed by atoms with Crippen LogP contribution in [-0.4, -0.2) is 23.0 Å². The van der Waals surface area contributed by atoms with Gasteiger partial charge in [-0.05, 0) is 48.4 Å². The van der Waals surface area contributed by atoms with Crippen LogP contribution in [-0.2, 0) is 22.8 Å². The normalized spacial score (nSPS) is 12.8. The van der Waals surface area contributed by atoms with Crippen LogP contribution in [0, 0.1) is 0 Å². The van der Waals surface area contributed by atoms with Gasteiger partial charge in [0.1, 0.15) is 0 Å². The first-order valence-corrected chi connectivity index (χ1v) is 12.1. The highest BCUT2D eigenvalue weighted by Crippen LogP contribution is 2.31. The number of alkyl halides is 6. The molecule has 0 aliphatic rings. The van der Waals surface area contributed by atoms with Gasteiger partial charge in [0, 0.05) is 18.1 Å². The molecule has 4 aromatic rings. The molecule has 1 N–H and O–H groups in total. The van der Waals surface area contributed by atoms with Gasteiger partial charge in [0.2, 0.25) is 0 Å². The lowest BCUT2D eigenvalue weighted by Gasteiger charge is -2.12. The lowest BCUT2D eigenvalue weighted by molar-refractivity contribution is -0.137. The third-order valence-corrected chi connectivity index (χ3v) is 5.76. The number of fused-ring (bicyclic) bond motifs is 1. The minimum absolute atomic E-state index is 0.518. The van der Waals surface area contributed by atoms with Crippen LogP contribution in [0.5, 0.6) is 0 Å². The van der Waals surface area contributed by atoms with Crippen molar-refractivity contribution in [2.45, 2.75) is 25.2 Å². The first-order valence-electron chi connectivity index (χ1n) is 10.6. The second-order valence-electron chi connectivity index (χ2n) is 7.66. The molecule has 5 nitrogen and oxygen atoms in total. The summed E-state index contributed by atoms with van der Waals surface area (Å²) in [6.45, 7) is 2.47. The summed E-state index contributed by atoms with van der Waals surface area (Å²) in [6.07, 6.45) is -2.60. The topological polar surface area (TPSA) is 71.7 Å². The Hall–Kier alpha value is -3.64. The molecule has 12 heteroatoms. The van der Waals surface area contributed by atoms with E-state index in [1.807, 2.05) is 67.6 Å². The Morgan fingerprint density at radius 2 is 1.41 bits per heavy atom. The maximum absolute atomic E-state index is 13.1. The minimum atomic E-state index is -5.84. The minimum Gasteiger partial charge on any atom is -0.348 e. The number of benzene rings is 3. The van der Waals surface area contributed by atoms with Crippen molar-refractivity contribution in [2.24, 2.45) is 4.99 Å². The molecule has 1 aromatic heterocycles. The van der Waals surface area contributed by atoms with E-state index in [1.165, 1.54) is 12.1 Å². The van der Waals surface area contributed by atoms with Crippen molar-refractivity contribution in [3.8, 4) is 11.1 Å². The van der Waals surface area contributed by atoms with Gasteiger partial charge < -0.3 is 4.57 Å². The summed E-state index contributed by atoms with van der Waals surface area (Å²) in [6, 6.07) is 23.5. The fraction of sp³-hybridized carbons (Fsp3) is 0.160. The Kier molecular flexibility index (Phi) is 8.13. The van der Waals surface area contributed by atoms with Crippen molar-refractivity contribution in [3.63, 3.8) is 0 Å². The van der Waals surface area contributed by atoms with Crippen molar-refractivity contribution in [2.75, 3.05) is 0 Å². The zero-order valence-electron chi connectivity index (χ0n) is 19.1. The molecule has 0 bridgehead atoms. The first-order chi connectivity index (χ1) is 17.2. The molecule has 1 heterocycles. The van der Waals surface area contributed by atoms with Crippen molar-refractivity contribution < 1.29 is 39.3 Å². The maximum atomic E-state index is 13.1. The van der Waals surface area contributed by atoms with Crippen LogP contribution < -0.4 is 5.36 Å². The van der Waals surface area contributed by atoms with Gasteiger partial charge in [0.05, 0.1) is 22.1 Å². The molecule has 0 radical (unpaired) electrons. The van der Waals surface area contributed by atoms with Gasteiger partial charge in [-0.2, -0.15) is 34.8 Å². The molecule has 0 aliphatic carbocycles. The van der Waals surface area contributed by atoms with Crippen molar-refractivity contribution in [1.82, 2.24) is 4.57 Å². The summed E-state index contributed by atoms with van der Waals surface area (Å²) in [4.78, 5) is 4.68. The fourth-order valence-corrected chi connectivity index (χ4v) is 3.36. The average Bonchev–Trinajstić information content (AvgIpc) is 2.83. The predicted octanol–water partition coefficient (Wildman–Crippen LogP) is 6.97. The summed E-state index contributed by atoms with van der Waals surface area (Å²) in [5.41, 5.74) is -2.72. The van der Waals surface area contributed by atoms with Crippen LogP contribution >= 0.6 is 0 Å². The predicted molar refractivity (Wildman–Crippen MR) is 127 cm³/mol. The molecule has 0 amide bonds. The molecular weight excluding hydrogens is 522 g/mol. The van der Waals surface area contributed by atoms with Crippen molar-refractivity contribution >= 4 is 26.7 Å². The van der Waals surface area contributed by atoms with E-state index in [9.17, 15) is 26.3 Å². The lowest BCUT2D eigenvalue weighted by atomic mass is 10.1. The molecule has 0 unspecified atom stereocenters. The fourth-order valence-electron chi connectivity index (χ4n) is 3.36. The average molecular weight is 543 g/mol. The number of nitrogens with zero attached hydrogens (tertiary/aromatic N) is 2. The highest BCUT2D eigenvalue weighted by Gasteiger charge is 2.44. The van der Waals surface area contributed by atoms with Crippen LogP contribution in [0.2, 0.25) is 0 Å². The second-order valence-corrected chi connectivity index (χ2v) is 9.08. The lowest BCUT2D eigenvalue weighted by Crippen LogP contribution is -2.21. The van der Waals surface area contributed by atoms with Crippen LogP contribution in [0.3, 0.4) is 0 Å². The molecule has 0 saturated heterocycles. The number of aryl methyl sites for hydroxylation is 1. The van der Waals surface area contributed by atoms with Gasteiger partial charge in [-0.1, -0.05) is 48.5 Å². The molecule has 196 valence electrons. The van der Waals surface area contributed by atoms with E-state index in [4.69, 9.17) is 13.0 Å². The molecule has 0 saturated carbocycles. The summed E-state index contributed by atoms with van der Waals surface area (Å²) in [5, 5.41) is 1.33. The van der Waals surface area contributed by atoms with Gasteiger partial charge in [-0.25, -0.2) is 4.99 Å². The SMILES string of the molecule is CCn1ccc(=Nc2ccc(-c3ccccc3)cc2)c2ccc(C(F)(F)F)cc21.O=S(=O)(O)C(F)(F)F. The molecule has 37 heavy (non-hydrogen) atoms. The van der Waals surface area contributed by atoms with Crippen LogP contribution in [0.15, 0.2) is 90.1 Å². The summed E-state index contributed by atoms with van der Waals surface area (Å²) < 4.78 is 98.8. The van der Waals surface area contributed by atoms with Crippen molar-refractivity contribution in [1.29, 1.82) is 0 Å².